The molecule has 0 saturated carbocycles. The molecule has 0 fully saturated rings. The molecule has 0 rings (SSSR count). The van der Waals surface area contributed by atoms with E-state index in [4.69, 9.17) is 52.9 Å². The Kier molecular flexibility index (Phi) is 62.4. The van der Waals surface area contributed by atoms with Gasteiger partial charge in [-0.2, -0.15) is 0 Å². The summed E-state index contributed by atoms with van der Waals surface area (Å²) in [4.78, 5) is 51.1. The van der Waals surface area contributed by atoms with Gasteiger partial charge in [0.2, 0.25) is 0 Å². The van der Waals surface area contributed by atoms with Crippen LogP contribution in [0.2, 0.25) is 0 Å². The molecule has 0 unspecified atom stereocenters. The van der Waals surface area contributed by atoms with E-state index in [1.165, 1.54) is 0 Å². The molecule has 0 spiro atoms. The van der Waals surface area contributed by atoms with Gasteiger partial charge in [-0.15, -0.1) is 0 Å². The molecule has 0 aromatic rings. The maximum absolute atomic E-state index is 8.81. The second-order valence-electron chi connectivity index (χ2n) is 1.03. The molecule has 0 atom stereocenters. The Bertz CT molecular complexity index is 165. The first-order valence-electron chi connectivity index (χ1n) is 2.49. The third kappa shape index (κ3) is 3980. The maximum atomic E-state index is 8.81. The summed E-state index contributed by atoms with van der Waals surface area (Å²) in [5, 5.41) is 0. The average molecular weight is 744 g/mol. The third-order valence-corrected chi connectivity index (χ3v) is 0. The van der Waals surface area contributed by atoms with Crippen molar-refractivity contribution in [3.63, 3.8) is 0 Å². The molecule has 2 N–H and O–H groups in total. The second-order valence-corrected chi connectivity index (χ2v) is 3.42. The Balaban J connectivity index is -0.0000000257. The van der Waals surface area contributed by atoms with E-state index in [0.29, 0.717) is 0 Å². The van der Waals surface area contributed by atoms with Gasteiger partial charge in [-0.25, -0.2) is 0 Å². The monoisotopic (exact) mass is 744 g/mol. The third-order valence-electron chi connectivity index (χ3n) is 0. The van der Waals surface area contributed by atoms with Crippen molar-refractivity contribution in [1.29, 1.82) is 0 Å². The SMILES string of the molecule is O=[Si]([O-])[O-].O=[Si]([O-])[O-].O=[Si]([O-])[O-].[Bi+3].[Bi+3].[O]=[Ti]([OH])[OH]. The number of rotatable bonds is 0. The van der Waals surface area contributed by atoms with E-state index in [-0.39, 0.29) is 52.4 Å². The van der Waals surface area contributed by atoms with Crippen LogP contribution in [0.1, 0.15) is 0 Å². The Morgan fingerprint density at radius 2 is 0.667 bits per heavy atom. The topological polar surface area (TPSA) is 247 Å². The first kappa shape index (κ1) is 36.4. The van der Waals surface area contributed by atoms with Gasteiger partial charge in [-0.3, -0.25) is 0 Å². The average Bonchev–Trinajstić information content (AvgIpc) is 1.76. The predicted molar refractivity (Wildman–Crippen MR) is 36.0 cm³/mol. The van der Waals surface area contributed by atoms with Gasteiger partial charge in [0, 0.05) is 27.5 Å². The molecule has 0 saturated heterocycles. The van der Waals surface area contributed by atoms with Crippen molar-refractivity contribution >= 4 is 79.9 Å². The van der Waals surface area contributed by atoms with Crippen LogP contribution in [0.3, 0.4) is 0 Å². The van der Waals surface area contributed by atoms with Gasteiger partial charge in [0.25, 0.3) is 0 Å². The molecule has 0 aliphatic rings. The molecule has 0 heterocycles. The van der Waals surface area contributed by atoms with Crippen LogP contribution in [-0.4, -0.2) is 87.3 Å². The fourth-order valence-corrected chi connectivity index (χ4v) is 0. The Morgan fingerprint density at radius 3 is 0.667 bits per heavy atom. The molecule has 12 nitrogen and oxygen atoms in total. The summed E-state index contributed by atoms with van der Waals surface area (Å²) in [6.07, 6.45) is 0. The zero-order valence-electron chi connectivity index (χ0n) is 7.87. The fourth-order valence-electron chi connectivity index (χ4n) is 0. The summed E-state index contributed by atoms with van der Waals surface area (Å²) in [5.41, 5.74) is 0. The fraction of sp³-hybridized carbons (Fsp3) is 0. The van der Waals surface area contributed by atoms with Crippen molar-refractivity contribution in [1.82, 2.24) is 0 Å². The van der Waals surface area contributed by atoms with Crippen molar-refractivity contribution in [2.45, 2.75) is 0 Å². The minimum absolute atomic E-state index is 0. The quantitative estimate of drug-likeness (QED) is 0.220. The summed E-state index contributed by atoms with van der Waals surface area (Å²) in [6.45, 7) is 0. The first-order chi connectivity index (χ1) is 6.93. The van der Waals surface area contributed by atoms with Crippen LogP contribution < -0.4 is 28.8 Å². The van der Waals surface area contributed by atoms with E-state index >= 15 is 0 Å². The summed E-state index contributed by atoms with van der Waals surface area (Å²) >= 11 is -3.58. The van der Waals surface area contributed by atoms with Crippen LogP contribution in [-0.2, 0) is 35.3 Å². The van der Waals surface area contributed by atoms with E-state index in [1.54, 1.807) is 0 Å². The Labute approximate surface area is 150 Å². The van der Waals surface area contributed by atoms with Crippen molar-refractivity contribution in [2.75, 3.05) is 0 Å². The Morgan fingerprint density at radius 1 is 0.667 bits per heavy atom. The van der Waals surface area contributed by atoms with E-state index in [2.05, 4.69) is 0 Å². The van der Waals surface area contributed by atoms with Gasteiger partial charge in [0.1, 0.15) is 0 Å². The van der Waals surface area contributed by atoms with Crippen molar-refractivity contribution in [2.24, 2.45) is 0 Å². The van der Waals surface area contributed by atoms with E-state index in [1.807, 2.05) is 0 Å². The first-order valence-corrected chi connectivity index (χ1v) is 8.20. The Hall–Kier alpha value is 1.05. The van der Waals surface area contributed by atoms with Gasteiger partial charge < -0.3 is 42.2 Å². The molecule has 100 valence electrons. The van der Waals surface area contributed by atoms with Gasteiger partial charge in [-0.05, 0) is 0 Å². The van der Waals surface area contributed by atoms with E-state index in [9.17, 15) is 0 Å². The molecule has 18 heteroatoms. The molecular weight excluding hydrogens is 742 g/mol. The van der Waals surface area contributed by atoms with Gasteiger partial charge in [0.05, 0.1) is 0 Å². The van der Waals surface area contributed by atoms with Crippen molar-refractivity contribution in [3.05, 3.63) is 0 Å². The van der Waals surface area contributed by atoms with Gasteiger partial charge in [-0.1, -0.05) is 0 Å². The molecule has 0 aromatic heterocycles. The number of hydrogen-bond acceptors (Lipinski definition) is 10. The van der Waals surface area contributed by atoms with Gasteiger partial charge in [0.15, 0.2) is 0 Å². The van der Waals surface area contributed by atoms with E-state index in [0.717, 1.165) is 0 Å². The standard InChI is InChI=1S/2Bi.3O3Si.2H2O.O.Ti/c;;3*1-4(2)3;;;;/h;;;;;2*1H2;;/q2*+3;3*-2;;;;+2/p-2. The van der Waals surface area contributed by atoms with Crippen LogP contribution in [0, 0.1) is 0 Å². The van der Waals surface area contributed by atoms with Gasteiger partial charge >= 0.3 is 81.7 Å². The van der Waals surface area contributed by atoms with Crippen molar-refractivity contribution < 1.29 is 71.5 Å². The molecule has 0 aliphatic carbocycles. The zero-order chi connectivity index (χ0) is 14.3. The summed E-state index contributed by atoms with van der Waals surface area (Å²) in [6, 6.07) is 0. The van der Waals surface area contributed by atoms with Crippen LogP contribution in [0.15, 0.2) is 0 Å². The molecule has 0 aliphatic heterocycles. The van der Waals surface area contributed by atoms with Crippen LogP contribution in [0.4, 0.5) is 0 Å². The van der Waals surface area contributed by atoms with Crippen molar-refractivity contribution in [3.8, 4) is 0 Å². The summed E-state index contributed by atoms with van der Waals surface area (Å²) < 4.78 is 48.8. The minimum atomic E-state index is -3.63. The summed E-state index contributed by atoms with van der Waals surface area (Å²) in [7, 11) is -10.9. The van der Waals surface area contributed by atoms with Crippen LogP contribution >= 0.6 is 0 Å². The molecule has 18 heavy (non-hydrogen) atoms. The van der Waals surface area contributed by atoms with Crippen LogP contribution in [0.25, 0.3) is 0 Å². The zero-order valence-corrected chi connectivity index (χ0v) is 19.4. The van der Waals surface area contributed by atoms with E-state index < -0.39 is 46.1 Å². The molecule has 0 amide bonds. The summed E-state index contributed by atoms with van der Waals surface area (Å²) in [5.74, 6) is 0. The second kappa shape index (κ2) is 30.8. The number of hydrogen-bond donors (Lipinski definition) is 2. The normalized spacial score (nSPS) is 5.44. The molecule has 0 aromatic carbocycles. The molecule has 0 bridgehead atoms. The predicted octanol–water partition coefficient (Wildman–Crippen LogP) is -10.6. The molecular formula is H2Bi2O12Si3Ti. The van der Waals surface area contributed by atoms with Crippen LogP contribution in [0.5, 0.6) is 0 Å². The molecule has 4 radical (unpaired) electrons.